The molecule has 0 spiro atoms. The molecule has 0 saturated carbocycles. The number of amidine groups is 1. The third-order valence-electron chi connectivity index (χ3n) is 3.50. The van der Waals surface area contributed by atoms with Crippen molar-refractivity contribution in [1.29, 1.82) is 0 Å². The summed E-state index contributed by atoms with van der Waals surface area (Å²) < 4.78 is 0. The smallest absolute Gasteiger partial charge is 0.270 e. The molecule has 1 aliphatic carbocycles. The Morgan fingerprint density at radius 3 is 2.61 bits per heavy atom. The number of hydrogen-bond acceptors (Lipinski definition) is 5. The summed E-state index contributed by atoms with van der Waals surface area (Å²) >= 11 is 0. The summed E-state index contributed by atoms with van der Waals surface area (Å²) in [6.45, 7) is 0. The lowest BCUT2D eigenvalue weighted by molar-refractivity contribution is -0.384. The highest BCUT2D eigenvalue weighted by Gasteiger charge is 2.24. The van der Waals surface area contributed by atoms with Crippen molar-refractivity contribution in [2.24, 2.45) is 15.9 Å². The van der Waals surface area contributed by atoms with Gasteiger partial charge >= 0.3 is 0 Å². The molecular weight excluding hydrogens is 296 g/mol. The molecule has 114 valence electrons. The largest absolute Gasteiger partial charge is 0.382 e. The van der Waals surface area contributed by atoms with Crippen molar-refractivity contribution in [3.63, 3.8) is 0 Å². The molecule has 0 bridgehead atoms. The molecule has 1 aliphatic rings. The second-order valence-corrected chi connectivity index (χ2v) is 4.98. The third-order valence-corrected chi connectivity index (χ3v) is 3.50. The Bertz CT molecular complexity index is 871. The maximum Gasteiger partial charge on any atom is 0.270 e. The highest BCUT2D eigenvalue weighted by Crippen LogP contribution is 2.22. The first-order chi connectivity index (χ1) is 11.1. The van der Waals surface area contributed by atoms with Gasteiger partial charge in [-0.05, 0) is 0 Å². The van der Waals surface area contributed by atoms with Crippen molar-refractivity contribution in [2.75, 3.05) is 0 Å². The maximum absolute atomic E-state index is 11.9. The van der Waals surface area contributed by atoms with E-state index < -0.39 is 4.92 Å². The van der Waals surface area contributed by atoms with Gasteiger partial charge in [0.05, 0.1) is 17.1 Å². The van der Waals surface area contributed by atoms with Gasteiger partial charge in [0, 0.05) is 28.8 Å². The lowest BCUT2D eigenvalue weighted by Gasteiger charge is -1.99. The van der Waals surface area contributed by atoms with E-state index in [1.54, 1.807) is 24.3 Å². The lowest BCUT2D eigenvalue weighted by atomic mass is 10.1. The Morgan fingerprint density at radius 1 is 1.13 bits per heavy atom. The van der Waals surface area contributed by atoms with Crippen molar-refractivity contribution in [3.05, 3.63) is 75.3 Å². The van der Waals surface area contributed by atoms with Crippen molar-refractivity contribution in [3.8, 4) is 0 Å². The molecule has 2 aromatic rings. The van der Waals surface area contributed by atoms with Crippen LogP contribution in [-0.2, 0) is 0 Å². The Morgan fingerprint density at radius 2 is 1.87 bits per heavy atom. The van der Waals surface area contributed by atoms with Crippen LogP contribution in [0.25, 0.3) is 0 Å². The summed E-state index contributed by atoms with van der Waals surface area (Å²) in [5.74, 6) is 0.0431. The minimum Gasteiger partial charge on any atom is -0.382 e. The molecule has 7 nitrogen and oxygen atoms in total. The van der Waals surface area contributed by atoms with Gasteiger partial charge in [-0.3, -0.25) is 14.9 Å². The summed E-state index contributed by atoms with van der Waals surface area (Å²) in [6.07, 6.45) is 0.172. The number of non-ortho nitro benzene ring substituents is 1. The second-order valence-electron chi connectivity index (χ2n) is 4.98. The van der Waals surface area contributed by atoms with E-state index in [4.69, 9.17) is 5.73 Å². The highest BCUT2D eigenvalue weighted by molar-refractivity contribution is 6.26. The SMILES string of the molecule is N/C(=N\N=C1/CC(=O)c2ccccc21)c1cccc([N+](=O)[O-])c1. The van der Waals surface area contributed by atoms with Crippen LogP contribution in [0.3, 0.4) is 0 Å². The van der Waals surface area contributed by atoms with Crippen molar-refractivity contribution >= 4 is 23.0 Å². The molecule has 0 amide bonds. The van der Waals surface area contributed by atoms with Crippen LogP contribution in [0.15, 0.2) is 58.7 Å². The van der Waals surface area contributed by atoms with Gasteiger partial charge in [0.1, 0.15) is 0 Å². The molecule has 0 heterocycles. The molecule has 0 atom stereocenters. The summed E-state index contributed by atoms with van der Waals surface area (Å²) in [7, 11) is 0. The zero-order chi connectivity index (χ0) is 16.4. The second kappa shape index (κ2) is 5.80. The van der Waals surface area contributed by atoms with Crippen LogP contribution in [0, 0.1) is 10.1 Å². The normalized spacial score (nSPS) is 15.7. The summed E-state index contributed by atoms with van der Waals surface area (Å²) in [5.41, 5.74) is 8.07. The molecule has 3 rings (SSSR count). The number of nitrogens with two attached hydrogens (primary N) is 1. The molecule has 2 N–H and O–H groups in total. The standard InChI is InChI=1S/C16H12N4O3/c17-16(10-4-3-5-11(8-10)20(22)23)19-18-14-9-15(21)13-7-2-1-6-12(13)14/h1-8H,9H2,(H2,17,19)/b18-14+. The topological polar surface area (TPSA) is 111 Å². The van der Waals surface area contributed by atoms with E-state index >= 15 is 0 Å². The first kappa shape index (κ1) is 14.6. The van der Waals surface area contributed by atoms with E-state index in [0.29, 0.717) is 16.8 Å². The van der Waals surface area contributed by atoms with Gasteiger partial charge in [0.15, 0.2) is 11.6 Å². The molecule has 0 aromatic heterocycles. The number of carbonyl (C=O) groups excluding carboxylic acids is 1. The first-order valence-electron chi connectivity index (χ1n) is 6.83. The first-order valence-corrected chi connectivity index (χ1v) is 6.83. The summed E-state index contributed by atoms with van der Waals surface area (Å²) in [4.78, 5) is 22.1. The van der Waals surface area contributed by atoms with Crippen LogP contribution in [-0.4, -0.2) is 22.3 Å². The number of carbonyl (C=O) groups is 1. The van der Waals surface area contributed by atoms with E-state index in [1.807, 2.05) is 6.07 Å². The lowest BCUT2D eigenvalue weighted by Crippen LogP contribution is -2.13. The number of rotatable bonds is 3. The zero-order valence-electron chi connectivity index (χ0n) is 12.0. The predicted molar refractivity (Wildman–Crippen MR) is 85.7 cm³/mol. The van der Waals surface area contributed by atoms with E-state index in [-0.39, 0.29) is 23.7 Å². The van der Waals surface area contributed by atoms with E-state index in [2.05, 4.69) is 10.2 Å². The molecule has 0 radical (unpaired) electrons. The molecule has 0 saturated heterocycles. The maximum atomic E-state index is 11.9. The highest BCUT2D eigenvalue weighted by atomic mass is 16.6. The monoisotopic (exact) mass is 308 g/mol. The van der Waals surface area contributed by atoms with Gasteiger partial charge < -0.3 is 5.73 Å². The Kier molecular flexibility index (Phi) is 3.68. The van der Waals surface area contributed by atoms with Crippen LogP contribution < -0.4 is 5.73 Å². The van der Waals surface area contributed by atoms with Crippen molar-refractivity contribution < 1.29 is 9.72 Å². The van der Waals surface area contributed by atoms with Crippen LogP contribution in [0.4, 0.5) is 5.69 Å². The van der Waals surface area contributed by atoms with E-state index in [9.17, 15) is 14.9 Å². The molecule has 0 unspecified atom stereocenters. The van der Waals surface area contributed by atoms with Crippen LogP contribution in [0.1, 0.15) is 27.9 Å². The van der Waals surface area contributed by atoms with Crippen molar-refractivity contribution in [2.45, 2.75) is 6.42 Å². The third kappa shape index (κ3) is 2.84. The number of benzene rings is 2. The van der Waals surface area contributed by atoms with Crippen LogP contribution in [0.2, 0.25) is 0 Å². The fourth-order valence-electron chi connectivity index (χ4n) is 2.36. The average molecular weight is 308 g/mol. The Labute approximate surface area is 131 Å². The number of nitrogens with zero attached hydrogens (tertiary/aromatic N) is 3. The minimum atomic E-state index is -0.505. The van der Waals surface area contributed by atoms with Crippen LogP contribution in [0.5, 0.6) is 0 Å². The fraction of sp³-hybridized carbons (Fsp3) is 0.0625. The number of hydrogen-bond donors (Lipinski definition) is 1. The predicted octanol–water partition coefficient (Wildman–Crippen LogP) is 2.29. The van der Waals surface area contributed by atoms with E-state index in [1.165, 1.54) is 18.2 Å². The number of fused-ring (bicyclic) bond motifs is 1. The van der Waals surface area contributed by atoms with Crippen LogP contribution >= 0.6 is 0 Å². The number of ketones is 1. The van der Waals surface area contributed by atoms with Gasteiger partial charge in [0.25, 0.3) is 5.69 Å². The molecule has 23 heavy (non-hydrogen) atoms. The number of Topliss-reactive ketones (excluding diaryl/α,β-unsaturated/α-hetero) is 1. The average Bonchev–Trinajstić information content (AvgIpc) is 2.89. The number of nitro groups is 1. The summed E-state index contributed by atoms with van der Waals surface area (Å²) in [5, 5.41) is 18.7. The fourth-order valence-corrected chi connectivity index (χ4v) is 2.36. The zero-order valence-corrected chi connectivity index (χ0v) is 12.0. The Balaban J connectivity index is 1.92. The van der Waals surface area contributed by atoms with E-state index in [0.717, 1.165) is 5.56 Å². The molecular formula is C16H12N4O3. The van der Waals surface area contributed by atoms with Gasteiger partial charge in [-0.25, -0.2) is 0 Å². The van der Waals surface area contributed by atoms with Gasteiger partial charge in [-0.15, -0.1) is 5.10 Å². The summed E-state index contributed by atoms with van der Waals surface area (Å²) in [6, 6.07) is 13.0. The van der Waals surface area contributed by atoms with Gasteiger partial charge in [-0.2, -0.15) is 5.10 Å². The molecule has 7 heteroatoms. The number of nitro benzene ring substituents is 1. The Hall–Kier alpha value is -3.35. The molecule has 0 aliphatic heterocycles. The molecule has 2 aromatic carbocycles. The van der Waals surface area contributed by atoms with Crippen molar-refractivity contribution in [1.82, 2.24) is 0 Å². The molecule has 0 fully saturated rings. The quantitative estimate of drug-likeness (QED) is 0.406. The van der Waals surface area contributed by atoms with Gasteiger partial charge in [-0.1, -0.05) is 36.4 Å². The van der Waals surface area contributed by atoms with Gasteiger partial charge in [0.2, 0.25) is 0 Å². The minimum absolute atomic E-state index is 0.0107.